The van der Waals surface area contributed by atoms with E-state index in [9.17, 15) is 39.0 Å². The molecule has 0 amide bonds. The van der Waals surface area contributed by atoms with Crippen molar-refractivity contribution in [3.05, 3.63) is 23.8 Å². The summed E-state index contributed by atoms with van der Waals surface area (Å²) in [6.07, 6.45) is -3.58. The van der Waals surface area contributed by atoms with Gasteiger partial charge in [-0.05, 0) is 31.6 Å². The Balaban J connectivity index is 2.49. The van der Waals surface area contributed by atoms with Crippen LogP contribution in [0.1, 0.15) is 61.8 Å². The van der Waals surface area contributed by atoms with Crippen molar-refractivity contribution in [3.63, 3.8) is 0 Å². The highest BCUT2D eigenvalue weighted by molar-refractivity contribution is 5.78. The topological polar surface area (TPSA) is 198 Å². The maximum Gasteiger partial charge on any atom is 0.312 e. The number of fused-ring (bicyclic) bond motifs is 2. The Kier molecular flexibility index (Phi) is 10.0. The third kappa shape index (κ3) is 6.50. The Morgan fingerprint density at radius 1 is 0.864 bits per heavy atom. The molecule has 0 spiro atoms. The molecule has 1 heterocycles. The van der Waals surface area contributed by atoms with Crippen molar-refractivity contribution in [1.29, 1.82) is 0 Å². The summed E-state index contributed by atoms with van der Waals surface area (Å²) < 4.78 is 33.4. The van der Waals surface area contributed by atoms with E-state index >= 15 is 0 Å². The van der Waals surface area contributed by atoms with E-state index in [4.69, 9.17) is 28.4 Å². The summed E-state index contributed by atoms with van der Waals surface area (Å²) in [6.45, 7) is 9.35. The maximum absolute atomic E-state index is 13.1. The molecule has 0 radical (unpaired) electrons. The molecule has 3 aliphatic rings. The van der Waals surface area contributed by atoms with E-state index in [-0.39, 0.29) is 18.6 Å². The van der Waals surface area contributed by atoms with Gasteiger partial charge in [-0.3, -0.25) is 28.8 Å². The molecule has 1 saturated carbocycles. The van der Waals surface area contributed by atoms with Crippen LogP contribution in [0.2, 0.25) is 0 Å². The van der Waals surface area contributed by atoms with E-state index in [1.807, 2.05) is 0 Å². The third-order valence-electron chi connectivity index (χ3n) is 8.69. The van der Waals surface area contributed by atoms with Gasteiger partial charge in [0.2, 0.25) is 0 Å². The molecule has 14 heteroatoms. The molecular formula is C30H40O14. The zero-order valence-corrected chi connectivity index (χ0v) is 26.0. The van der Waals surface area contributed by atoms with Crippen molar-refractivity contribution in [1.82, 2.24) is 0 Å². The van der Waals surface area contributed by atoms with Crippen LogP contribution in [0.4, 0.5) is 0 Å². The van der Waals surface area contributed by atoms with Gasteiger partial charge in [0.15, 0.2) is 11.7 Å². The Labute approximate surface area is 254 Å². The summed E-state index contributed by atoms with van der Waals surface area (Å²) in [6, 6.07) is 0. The van der Waals surface area contributed by atoms with Gasteiger partial charge < -0.3 is 38.6 Å². The second-order valence-electron chi connectivity index (χ2n) is 11.9. The molecule has 14 nitrogen and oxygen atoms in total. The fourth-order valence-corrected chi connectivity index (χ4v) is 6.69. The smallest absolute Gasteiger partial charge is 0.312 e. The van der Waals surface area contributed by atoms with Crippen molar-refractivity contribution in [2.75, 3.05) is 6.61 Å². The van der Waals surface area contributed by atoms with Crippen LogP contribution in [-0.2, 0) is 57.2 Å². The van der Waals surface area contributed by atoms with Gasteiger partial charge in [0.1, 0.15) is 36.6 Å². The summed E-state index contributed by atoms with van der Waals surface area (Å²) in [5.41, 5.74) is -6.14. The first kappa shape index (κ1) is 34.7. The number of carbonyl (C=O) groups is 6. The predicted molar refractivity (Wildman–Crippen MR) is 147 cm³/mol. The van der Waals surface area contributed by atoms with Gasteiger partial charge >= 0.3 is 35.8 Å². The first-order valence-electron chi connectivity index (χ1n) is 14.1. The average Bonchev–Trinajstić information content (AvgIpc) is 3.09. The van der Waals surface area contributed by atoms with Crippen molar-refractivity contribution in [2.24, 2.45) is 17.3 Å². The number of hydrogen-bond acceptors (Lipinski definition) is 14. The lowest BCUT2D eigenvalue weighted by Crippen LogP contribution is -2.74. The highest BCUT2D eigenvalue weighted by atomic mass is 16.6. The van der Waals surface area contributed by atoms with E-state index in [0.29, 0.717) is 0 Å². The number of hydrogen-bond donors (Lipinski definition) is 2. The molecule has 3 rings (SSSR count). The predicted octanol–water partition coefficient (Wildman–Crippen LogP) is 0.842. The minimum Gasteiger partial charge on any atom is -0.462 e. The molecule has 2 aliphatic carbocycles. The Hall–Kier alpha value is -3.78. The lowest BCUT2D eigenvalue weighted by Gasteiger charge is -2.60. The molecule has 0 bridgehead atoms. The minimum atomic E-state index is -2.41. The molecule has 0 aromatic heterocycles. The van der Waals surface area contributed by atoms with Crippen LogP contribution in [0.5, 0.6) is 0 Å². The number of carbonyl (C=O) groups excluding carboxylic acids is 6. The lowest BCUT2D eigenvalue weighted by atomic mass is 9.51. The van der Waals surface area contributed by atoms with Crippen LogP contribution >= 0.6 is 0 Å². The van der Waals surface area contributed by atoms with Gasteiger partial charge in [-0.25, -0.2) is 0 Å². The molecule has 1 unspecified atom stereocenters. The lowest BCUT2D eigenvalue weighted by molar-refractivity contribution is -0.286. The molecule has 2 fully saturated rings. The fourth-order valence-electron chi connectivity index (χ4n) is 6.69. The summed E-state index contributed by atoms with van der Waals surface area (Å²) >= 11 is 0. The third-order valence-corrected chi connectivity index (χ3v) is 8.69. The summed E-state index contributed by atoms with van der Waals surface area (Å²) in [4.78, 5) is 74.5. The molecule has 2 N–H and O–H groups in total. The van der Waals surface area contributed by atoms with E-state index in [1.54, 1.807) is 0 Å². The van der Waals surface area contributed by atoms with Crippen LogP contribution in [0.15, 0.2) is 23.8 Å². The van der Waals surface area contributed by atoms with Crippen molar-refractivity contribution in [3.8, 4) is 0 Å². The molecule has 1 aliphatic heterocycles. The van der Waals surface area contributed by atoms with Crippen molar-refractivity contribution >= 4 is 35.8 Å². The van der Waals surface area contributed by atoms with E-state index in [1.165, 1.54) is 45.9 Å². The minimum absolute atomic E-state index is 0.204. The molecule has 44 heavy (non-hydrogen) atoms. The number of ether oxygens (including phenoxy) is 6. The maximum atomic E-state index is 13.1. The summed E-state index contributed by atoms with van der Waals surface area (Å²) in [5.74, 6) is -7.72. The van der Waals surface area contributed by atoms with Crippen LogP contribution in [0.3, 0.4) is 0 Å². The second kappa shape index (κ2) is 12.7. The molecule has 0 aromatic carbocycles. The summed E-state index contributed by atoms with van der Waals surface area (Å²) in [7, 11) is 0. The van der Waals surface area contributed by atoms with Crippen LogP contribution in [0.25, 0.3) is 0 Å². The van der Waals surface area contributed by atoms with Crippen LogP contribution in [-0.4, -0.2) is 94.4 Å². The summed E-state index contributed by atoms with van der Waals surface area (Å²) in [5, 5.41) is 24.8. The van der Waals surface area contributed by atoms with E-state index < -0.39 is 94.8 Å². The number of aliphatic hydroxyl groups is 2. The number of rotatable bonds is 6. The highest BCUT2D eigenvalue weighted by Gasteiger charge is 2.72. The van der Waals surface area contributed by atoms with Gasteiger partial charge in [-0.1, -0.05) is 13.0 Å². The quantitative estimate of drug-likeness (QED) is 0.311. The fraction of sp³-hybridized carbons (Fsp3) is 0.667. The zero-order chi connectivity index (χ0) is 33.4. The van der Waals surface area contributed by atoms with Crippen molar-refractivity contribution in [2.45, 2.75) is 104 Å². The average molecular weight is 625 g/mol. The normalized spacial score (nSPS) is 40.0. The molecule has 0 aromatic rings. The largest absolute Gasteiger partial charge is 0.462 e. The van der Waals surface area contributed by atoms with Gasteiger partial charge in [-0.2, -0.15) is 0 Å². The molecule has 244 valence electrons. The van der Waals surface area contributed by atoms with Gasteiger partial charge in [0.05, 0.1) is 11.3 Å². The molecular weight excluding hydrogens is 584 g/mol. The Morgan fingerprint density at radius 2 is 1.41 bits per heavy atom. The van der Waals surface area contributed by atoms with E-state index in [2.05, 4.69) is 0 Å². The highest BCUT2D eigenvalue weighted by Crippen LogP contribution is 2.57. The Morgan fingerprint density at radius 3 is 1.93 bits per heavy atom. The first-order chi connectivity index (χ1) is 20.3. The van der Waals surface area contributed by atoms with Gasteiger partial charge in [0, 0.05) is 47.0 Å². The zero-order valence-electron chi connectivity index (χ0n) is 26.0. The first-order valence-corrected chi connectivity index (χ1v) is 14.1. The van der Waals surface area contributed by atoms with Gasteiger partial charge in [0.25, 0.3) is 0 Å². The van der Waals surface area contributed by atoms with Gasteiger partial charge in [-0.15, -0.1) is 0 Å². The van der Waals surface area contributed by atoms with Crippen LogP contribution < -0.4 is 0 Å². The van der Waals surface area contributed by atoms with Crippen molar-refractivity contribution < 1.29 is 67.4 Å². The molecule has 10 atom stereocenters. The van der Waals surface area contributed by atoms with E-state index in [0.717, 1.165) is 27.7 Å². The second-order valence-corrected chi connectivity index (χ2v) is 11.9. The van der Waals surface area contributed by atoms with Crippen LogP contribution in [0, 0.1) is 17.3 Å². The Bertz CT molecular complexity index is 1270. The molecule has 1 saturated heterocycles. The monoisotopic (exact) mass is 624 g/mol. The number of esters is 6. The standard InChI is InChI=1S/C30H40O14/c1-14-27(36)44-24-11-20(13-39-15(2)31)9-10-21(40-16(3)32)28(7)22(41-17(4)33)12-23(42-18(5)34)29(8,37)25(28)26(30(14,24)38)43-19(6)35/h9-11,14,21-26,37-38H,12-13H2,1-8H3/b10-9-,20-11+/t14-,21+,22-,23+,24-,25+,26+,28-,29+,30?/m0/s1. The SMILES string of the molecule is CC(=O)OCC1=C/[C@@H]2OC(=O)[C@H](C)C2(O)[C@H](OC(C)=O)[C@H]2[C@](C)(O)[C@H](OC(C)=O)C[C@H](OC(C)=O)[C@]2(C)[C@H](OC(C)=O)/C=C\1.